The molecule has 0 aromatic heterocycles. The topological polar surface area (TPSA) is 74.6 Å². The minimum atomic E-state index is -1.09. The number of hydrogen-bond donors (Lipinski definition) is 2. The molecule has 0 aliphatic heterocycles. The zero-order valence-corrected chi connectivity index (χ0v) is 16.5. The van der Waals surface area contributed by atoms with Crippen LogP contribution in [0.2, 0.25) is 0 Å². The number of carbonyl (C=O) groups excluding carboxylic acids is 2. The third-order valence-corrected chi connectivity index (χ3v) is 5.27. The van der Waals surface area contributed by atoms with Gasteiger partial charge in [0.25, 0.3) is 0 Å². The van der Waals surface area contributed by atoms with Crippen LogP contribution in [0.25, 0.3) is 0 Å². The smallest absolute Gasteiger partial charge is 0.158 e. The molecule has 1 saturated carbocycles. The average molecular weight is 375 g/mol. The van der Waals surface area contributed by atoms with Crippen LogP contribution in [0.4, 0.5) is 0 Å². The predicted octanol–water partition coefficient (Wildman–Crippen LogP) is 3.76. The molecule has 1 aliphatic rings. The molecule has 3 atom stereocenters. The molecule has 0 saturated heterocycles. The van der Waals surface area contributed by atoms with Crippen molar-refractivity contribution in [3.63, 3.8) is 0 Å². The lowest BCUT2D eigenvalue weighted by atomic mass is 9.89. The molecule has 2 N–H and O–H groups in total. The van der Waals surface area contributed by atoms with Gasteiger partial charge in [0.2, 0.25) is 0 Å². The molecule has 0 bridgehead atoms. The molecule has 0 radical (unpaired) electrons. The highest BCUT2D eigenvalue weighted by Gasteiger charge is 2.32. The summed E-state index contributed by atoms with van der Waals surface area (Å²) >= 11 is 0. The third-order valence-electron chi connectivity index (χ3n) is 5.27. The van der Waals surface area contributed by atoms with Gasteiger partial charge in [-0.15, -0.1) is 6.42 Å². The van der Waals surface area contributed by atoms with Crippen molar-refractivity contribution in [2.24, 2.45) is 11.8 Å². The summed E-state index contributed by atoms with van der Waals surface area (Å²) in [5.41, 5.74) is -1.09. The molecular weight excluding hydrogens is 340 g/mol. The van der Waals surface area contributed by atoms with Crippen LogP contribution in [0.15, 0.2) is 24.3 Å². The number of ketones is 2. The van der Waals surface area contributed by atoms with E-state index in [1.807, 2.05) is 18.2 Å². The number of unbranched alkanes of at least 4 members (excludes halogenated alkanes) is 2. The molecule has 4 heteroatoms. The largest absolute Gasteiger partial charge is 0.389 e. The molecule has 1 fully saturated rings. The van der Waals surface area contributed by atoms with Crippen LogP contribution < -0.4 is 0 Å². The maximum absolute atomic E-state index is 12.2. The molecule has 0 aromatic rings. The first-order valence-electron chi connectivity index (χ1n) is 10.1. The lowest BCUT2D eigenvalue weighted by Gasteiger charge is -2.20. The van der Waals surface area contributed by atoms with E-state index in [1.165, 1.54) is 0 Å². The first-order valence-corrected chi connectivity index (χ1v) is 10.1. The van der Waals surface area contributed by atoms with Crippen molar-refractivity contribution in [2.75, 3.05) is 6.61 Å². The Labute approximate surface area is 163 Å². The summed E-state index contributed by atoms with van der Waals surface area (Å²) in [5, 5.41) is 19.1. The minimum absolute atomic E-state index is 0.00820. The van der Waals surface area contributed by atoms with E-state index in [-0.39, 0.29) is 24.2 Å². The molecule has 1 aliphatic carbocycles. The number of Topliss-reactive ketones (excluding diaryl/α,β-unsaturated/α-hetero) is 2. The van der Waals surface area contributed by atoms with Gasteiger partial charge in [0, 0.05) is 25.2 Å². The van der Waals surface area contributed by atoms with Gasteiger partial charge in [-0.25, -0.2) is 0 Å². The fourth-order valence-corrected chi connectivity index (χ4v) is 3.47. The first kappa shape index (κ1) is 23.3. The van der Waals surface area contributed by atoms with Crippen molar-refractivity contribution in [3.8, 4) is 12.3 Å². The molecular formula is C23H34O4. The van der Waals surface area contributed by atoms with Crippen LogP contribution in [-0.4, -0.2) is 34.0 Å². The van der Waals surface area contributed by atoms with Crippen LogP contribution in [0, 0.1) is 24.2 Å². The van der Waals surface area contributed by atoms with Crippen molar-refractivity contribution in [3.05, 3.63) is 24.3 Å². The Morgan fingerprint density at radius 1 is 1.33 bits per heavy atom. The van der Waals surface area contributed by atoms with Gasteiger partial charge >= 0.3 is 0 Å². The van der Waals surface area contributed by atoms with Crippen molar-refractivity contribution in [1.29, 1.82) is 0 Å². The van der Waals surface area contributed by atoms with Gasteiger partial charge in [-0.2, -0.15) is 0 Å². The van der Waals surface area contributed by atoms with Gasteiger partial charge in [0.05, 0.1) is 0 Å². The van der Waals surface area contributed by atoms with Crippen LogP contribution in [-0.2, 0) is 9.59 Å². The van der Waals surface area contributed by atoms with Gasteiger partial charge < -0.3 is 10.2 Å². The van der Waals surface area contributed by atoms with Gasteiger partial charge in [-0.1, -0.05) is 43.6 Å². The number of allylic oxidation sites excluding steroid dienone is 3. The quantitative estimate of drug-likeness (QED) is 0.292. The lowest BCUT2D eigenvalue weighted by molar-refractivity contribution is -0.122. The predicted molar refractivity (Wildman–Crippen MR) is 108 cm³/mol. The van der Waals surface area contributed by atoms with Crippen molar-refractivity contribution in [2.45, 2.75) is 76.7 Å². The highest BCUT2D eigenvalue weighted by molar-refractivity contribution is 5.83. The summed E-state index contributed by atoms with van der Waals surface area (Å²) in [6.45, 7) is 1.68. The number of aliphatic hydroxyl groups is 2. The highest BCUT2D eigenvalue weighted by Crippen LogP contribution is 2.33. The van der Waals surface area contributed by atoms with Crippen LogP contribution in [0.1, 0.15) is 71.1 Å². The number of carbonyl (C=O) groups is 2. The maximum atomic E-state index is 12.2. The van der Waals surface area contributed by atoms with Crippen molar-refractivity contribution >= 4 is 11.6 Å². The Hall–Kier alpha value is -1.70. The zero-order valence-electron chi connectivity index (χ0n) is 16.5. The molecule has 1 rings (SSSR count). The number of hydrogen-bond acceptors (Lipinski definition) is 4. The molecule has 150 valence electrons. The van der Waals surface area contributed by atoms with E-state index in [2.05, 4.69) is 18.9 Å². The molecule has 27 heavy (non-hydrogen) atoms. The van der Waals surface area contributed by atoms with Gasteiger partial charge in [-0.3, -0.25) is 9.59 Å². The normalized spacial score (nSPS) is 22.4. The van der Waals surface area contributed by atoms with Crippen LogP contribution in [0.5, 0.6) is 0 Å². The molecule has 0 aromatic carbocycles. The minimum Gasteiger partial charge on any atom is -0.389 e. The summed E-state index contributed by atoms with van der Waals surface area (Å²) in [7, 11) is 0. The average Bonchev–Trinajstić information content (AvgIpc) is 3.02. The number of aliphatic hydroxyl groups excluding tert-OH is 1. The standard InChI is InChI=1S/C23H34O4/c1-3-5-16-23(27,4-2)17-10-11-19-14-15-22(26)21(19)13-9-7-6-8-12-20(25)18-24/h2,7,9-11,19,21,24,27H,3,5-6,8,12-18H2,1H3/t19-,21+,23?/m0/s1. The van der Waals surface area contributed by atoms with E-state index >= 15 is 0 Å². The third kappa shape index (κ3) is 8.69. The van der Waals surface area contributed by atoms with E-state index in [1.54, 1.807) is 0 Å². The molecule has 4 nitrogen and oxygen atoms in total. The summed E-state index contributed by atoms with van der Waals surface area (Å²) in [4.78, 5) is 23.2. The summed E-state index contributed by atoms with van der Waals surface area (Å²) < 4.78 is 0. The number of terminal acetylenes is 1. The van der Waals surface area contributed by atoms with Gasteiger partial charge in [0.1, 0.15) is 18.0 Å². The lowest BCUT2D eigenvalue weighted by Crippen LogP contribution is -2.25. The second kappa shape index (κ2) is 12.6. The number of rotatable bonds is 13. The van der Waals surface area contributed by atoms with Crippen LogP contribution in [0.3, 0.4) is 0 Å². The second-order valence-corrected chi connectivity index (χ2v) is 7.48. The highest BCUT2D eigenvalue weighted by atomic mass is 16.3. The summed E-state index contributed by atoms with van der Waals surface area (Å²) in [6, 6.07) is 0. The van der Waals surface area contributed by atoms with Gasteiger partial charge in [-0.05, 0) is 44.4 Å². The Balaban J connectivity index is 2.47. The Kier molecular flexibility index (Phi) is 10.9. The molecule has 0 spiro atoms. The second-order valence-electron chi connectivity index (χ2n) is 7.48. The maximum Gasteiger partial charge on any atom is 0.158 e. The van der Waals surface area contributed by atoms with E-state index in [4.69, 9.17) is 11.5 Å². The van der Waals surface area contributed by atoms with E-state index in [9.17, 15) is 14.7 Å². The van der Waals surface area contributed by atoms with Crippen molar-refractivity contribution < 1.29 is 19.8 Å². The Morgan fingerprint density at radius 2 is 2.11 bits per heavy atom. The Bertz CT molecular complexity index is 569. The fourth-order valence-electron chi connectivity index (χ4n) is 3.47. The van der Waals surface area contributed by atoms with E-state index < -0.39 is 5.60 Å². The van der Waals surface area contributed by atoms with E-state index in [0.29, 0.717) is 37.9 Å². The first-order chi connectivity index (χ1) is 13.0. The summed E-state index contributed by atoms with van der Waals surface area (Å²) in [5.74, 6) is 2.86. The van der Waals surface area contributed by atoms with Crippen LogP contribution >= 0.6 is 0 Å². The molecule has 0 amide bonds. The molecule has 1 unspecified atom stereocenters. The Morgan fingerprint density at radius 3 is 2.78 bits per heavy atom. The van der Waals surface area contributed by atoms with Crippen molar-refractivity contribution in [1.82, 2.24) is 0 Å². The monoisotopic (exact) mass is 374 g/mol. The van der Waals surface area contributed by atoms with E-state index in [0.717, 1.165) is 32.1 Å². The molecule has 0 heterocycles. The fraction of sp³-hybridized carbons (Fsp3) is 0.652. The summed E-state index contributed by atoms with van der Waals surface area (Å²) in [6.07, 6.45) is 20.5. The SMILES string of the molecule is C#CC(O)(CC=C[C@H]1CCC(=O)[C@@H]1CC=CCCCC(=O)CO)CCCC. The zero-order chi connectivity index (χ0) is 20.1. The van der Waals surface area contributed by atoms with Gasteiger partial charge in [0.15, 0.2) is 5.78 Å².